The average molecular weight is 673 g/mol. The van der Waals surface area contributed by atoms with Gasteiger partial charge in [-0.05, 0) is 61.4 Å². The number of amides is 2. The van der Waals surface area contributed by atoms with E-state index in [1.165, 1.54) is 35.2 Å². The number of halogens is 3. The SMILES string of the molecule is CCNC(=O)C(Cc1ccccc1)N(Cc1ccccc1Cl)C(=O)CN(c1cc(Cl)ccc1Cl)S(=O)(=O)c1ccc(C)cc1. The molecule has 0 bridgehead atoms. The van der Waals surface area contributed by atoms with Crippen molar-refractivity contribution in [3.05, 3.63) is 129 Å². The zero-order valence-electron chi connectivity index (χ0n) is 24.2. The zero-order chi connectivity index (χ0) is 31.9. The van der Waals surface area contributed by atoms with Crippen molar-refractivity contribution in [1.29, 1.82) is 0 Å². The van der Waals surface area contributed by atoms with Gasteiger partial charge in [-0.2, -0.15) is 0 Å². The summed E-state index contributed by atoms with van der Waals surface area (Å²) in [6, 6.07) is 26.0. The number of hydrogen-bond donors (Lipinski definition) is 1. The fraction of sp³-hybridized carbons (Fsp3) is 0.212. The average Bonchev–Trinajstić information content (AvgIpc) is 3.00. The van der Waals surface area contributed by atoms with Gasteiger partial charge in [0.15, 0.2) is 0 Å². The van der Waals surface area contributed by atoms with Gasteiger partial charge in [0.05, 0.1) is 15.6 Å². The number of benzene rings is 4. The summed E-state index contributed by atoms with van der Waals surface area (Å²) in [6.45, 7) is 3.26. The smallest absolute Gasteiger partial charge is 0.264 e. The molecule has 11 heteroatoms. The van der Waals surface area contributed by atoms with Crippen LogP contribution in [0, 0.1) is 6.92 Å². The summed E-state index contributed by atoms with van der Waals surface area (Å²) in [5.74, 6) is -1.02. The third kappa shape index (κ3) is 8.12. The monoisotopic (exact) mass is 671 g/mol. The minimum Gasteiger partial charge on any atom is -0.355 e. The molecule has 0 aliphatic rings. The molecule has 0 spiro atoms. The lowest BCUT2D eigenvalue weighted by molar-refractivity contribution is -0.140. The summed E-state index contributed by atoms with van der Waals surface area (Å²) in [6.07, 6.45) is 0.186. The molecule has 0 aliphatic carbocycles. The van der Waals surface area contributed by atoms with Crippen LogP contribution in [0.25, 0.3) is 0 Å². The van der Waals surface area contributed by atoms with E-state index in [0.717, 1.165) is 15.4 Å². The molecule has 2 amide bonds. The second-order valence-electron chi connectivity index (χ2n) is 10.1. The lowest BCUT2D eigenvalue weighted by Gasteiger charge is -2.34. The maximum atomic E-state index is 14.4. The maximum Gasteiger partial charge on any atom is 0.264 e. The maximum absolute atomic E-state index is 14.4. The van der Waals surface area contributed by atoms with Gasteiger partial charge in [0, 0.05) is 29.6 Å². The summed E-state index contributed by atoms with van der Waals surface area (Å²) >= 11 is 19.3. The Bertz CT molecular complexity index is 1720. The van der Waals surface area contributed by atoms with E-state index >= 15 is 0 Å². The Hall–Kier alpha value is -3.56. The number of likely N-dealkylation sites (N-methyl/N-ethyl adjacent to an activating group) is 1. The third-order valence-corrected chi connectivity index (χ3v) is 9.68. The van der Waals surface area contributed by atoms with Gasteiger partial charge in [-0.1, -0.05) is 101 Å². The first kappa shape index (κ1) is 33.3. The Morgan fingerprint density at radius 3 is 2.16 bits per heavy atom. The third-order valence-electron chi connectivity index (χ3n) is 6.99. The van der Waals surface area contributed by atoms with Gasteiger partial charge in [-0.3, -0.25) is 13.9 Å². The van der Waals surface area contributed by atoms with E-state index in [1.807, 2.05) is 37.3 Å². The van der Waals surface area contributed by atoms with E-state index in [0.29, 0.717) is 17.1 Å². The van der Waals surface area contributed by atoms with E-state index in [1.54, 1.807) is 43.3 Å². The van der Waals surface area contributed by atoms with Gasteiger partial charge in [0.2, 0.25) is 11.8 Å². The number of carbonyl (C=O) groups is 2. The molecule has 0 aliphatic heterocycles. The van der Waals surface area contributed by atoms with Crippen molar-refractivity contribution in [2.24, 2.45) is 0 Å². The minimum absolute atomic E-state index is 0.0309. The van der Waals surface area contributed by atoms with Crippen molar-refractivity contribution >= 4 is 62.3 Å². The van der Waals surface area contributed by atoms with Crippen molar-refractivity contribution in [2.45, 2.75) is 37.8 Å². The van der Waals surface area contributed by atoms with Crippen molar-refractivity contribution in [3.63, 3.8) is 0 Å². The zero-order valence-corrected chi connectivity index (χ0v) is 27.3. The van der Waals surface area contributed by atoms with Crippen LogP contribution >= 0.6 is 34.8 Å². The molecule has 4 rings (SSSR count). The van der Waals surface area contributed by atoms with Crippen LogP contribution in [0.2, 0.25) is 15.1 Å². The fourth-order valence-electron chi connectivity index (χ4n) is 4.68. The predicted molar refractivity (Wildman–Crippen MR) is 177 cm³/mol. The quantitative estimate of drug-likeness (QED) is 0.177. The predicted octanol–water partition coefficient (Wildman–Crippen LogP) is 6.93. The number of nitrogens with one attached hydrogen (secondary N) is 1. The van der Waals surface area contributed by atoms with Crippen molar-refractivity contribution in [1.82, 2.24) is 10.2 Å². The van der Waals surface area contributed by atoms with Crippen LogP contribution in [-0.4, -0.2) is 44.3 Å². The van der Waals surface area contributed by atoms with E-state index in [-0.39, 0.29) is 39.5 Å². The highest BCUT2D eigenvalue weighted by molar-refractivity contribution is 7.92. The molecule has 0 saturated heterocycles. The molecule has 1 unspecified atom stereocenters. The number of aryl methyl sites for hydroxylation is 1. The molecular formula is C33H32Cl3N3O4S. The topological polar surface area (TPSA) is 86.8 Å². The normalized spacial score (nSPS) is 11.9. The molecule has 44 heavy (non-hydrogen) atoms. The van der Waals surface area contributed by atoms with Gasteiger partial charge < -0.3 is 10.2 Å². The van der Waals surface area contributed by atoms with Crippen LogP contribution in [0.1, 0.15) is 23.6 Å². The van der Waals surface area contributed by atoms with E-state index < -0.39 is 28.5 Å². The molecule has 1 atom stereocenters. The molecule has 0 fully saturated rings. The number of sulfonamides is 1. The van der Waals surface area contributed by atoms with Crippen LogP contribution < -0.4 is 9.62 Å². The lowest BCUT2D eigenvalue weighted by atomic mass is 10.0. The van der Waals surface area contributed by atoms with E-state index in [9.17, 15) is 18.0 Å². The lowest BCUT2D eigenvalue weighted by Crippen LogP contribution is -2.53. The highest BCUT2D eigenvalue weighted by Crippen LogP contribution is 2.33. The minimum atomic E-state index is -4.32. The second kappa shape index (κ2) is 14.9. The van der Waals surface area contributed by atoms with Crippen LogP contribution in [0.5, 0.6) is 0 Å². The second-order valence-corrected chi connectivity index (χ2v) is 13.2. The first-order chi connectivity index (χ1) is 21.0. The molecule has 0 aromatic heterocycles. The Balaban J connectivity index is 1.83. The number of carbonyl (C=O) groups excluding carboxylic acids is 2. The highest BCUT2D eigenvalue weighted by Gasteiger charge is 2.35. The van der Waals surface area contributed by atoms with Crippen molar-refractivity contribution in [3.8, 4) is 0 Å². The molecule has 4 aromatic carbocycles. The Morgan fingerprint density at radius 1 is 0.841 bits per heavy atom. The summed E-state index contributed by atoms with van der Waals surface area (Å²) in [7, 11) is -4.32. The van der Waals surface area contributed by atoms with Crippen LogP contribution in [0.15, 0.2) is 102 Å². The number of rotatable bonds is 12. The van der Waals surface area contributed by atoms with Gasteiger partial charge in [-0.25, -0.2) is 8.42 Å². The molecule has 0 radical (unpaired) electrons. The molecular weight excluding hydrogens is 641 g/mol. The summed E-state index contributed by atoms with van der Waals surface area (Å²) < 4.78 is 29.2. The molecule has 0 heterocycles. The van der Waals surface area contributed by atoms with Gasteiger partial charge in [-0.15, -0.1) is 0 Å². The molecule has 4 aromatic rings. The largest absolute Gasteiger partial charge is 0.355 e. The molecule has 0 saturated carbocycles. The fourth-order valence-corrected chi connectivity index (χ4v) is 6.74. The standard InChI is InChI=1S/C33H32Cl3N3O4S/c1-3-37-33(41)31(19-24-9-5-4-6-10-24)38(21-25-11-7-8-12-28(25)35)32(40)22-39(30-20-26(34)15-18-29(30)36)44(42,43)27-16-13-23(2)14-17-27/h4-18,20,31H,3,19,21-22H2,1-2H3,(H,37,41). The summed E-state index contributed by atoms with van der Waals surface area (Å²) in [5.41, 5.74) is 2.31. The van der Waals surface area contributed by atoms with Gasteiger partial charge in [0.1, 0.15) is 12.6 Å². The van der Waals surface area contributed by atoms with Crippen molar-refractivity contribution in [2.75, 3.05) is 17.4 Å². The number of hydrogen-bond acceptors (Lipinski definition) is 4. The van der Waals surface area contributed by atoms with E-state index in [4.69, 9.17) is 34.8 Å². The highest BCUT2D eigenvalue weighted by atomic mass is 35.5. The first-order valence-electron chi connectivity index (χ1n) is 13.9. The Morgan fingerprint density at radius 2 is 1.50 bits per heavy atom. The molecule has 1 N–H and O–H groups in total. The van der Waals surface area contributed by atoms with Gasteiger partial charge >= 0.3 is 0 Å². The Kier molecular flexibility index (Phi) is 11.3. The Labute approximate surface area is 273 Å². The van der Waals surface area contributed by atoms with E-state index in [2.05, 4.69) is 5.32 Å². The molecule has 7 nitrogen and oxygen atoms in total. The van der Waals surface area contributed by atoms with Gasteiger partial charge in [0.25, 0.3) is 10.0 Å². The molecule has 230 valence electrons. The summed E-state index contributed by atoms with van der Waals surface area (Å²) in [4.78, 5) is 29.3. The summed E-state index contributed by atoms with van der Waals surface area (Å²) in [5, 5.41) is 3.55. The number of nitrogens with zero attached hydrogens (tertiary/aromatic N) is 2. The van der Waals surface area contributed by atoms with Crippen LogP contribution in [0.4, 0.5) is 5.69 Å². The number of anilines is 1. The first-order valence-corrected chi connectivity index (χ1v) is 16.5. The van der Waals surface area contributed by atoms with Crippen LogP contribution in [0.3, 0.4) is 0 Å². The van der Waals surface area contributed by atoms with Crippen LogP contribution in [-0.2, 0) is 32.6 Å². The van der Waals surface area contributed by atoms with Crippen molar-refractivity contribution < 1.29 is 18.0 Å².